The third-order valence-electron chi connectivity index (χ3n) is 3.18. The van der Waals surface area contributed by atoms with Crippen molar-refractivity contribution < 1.29 is 29.0 Å². The molecule has 8 nitrogen and oxygen atoms in total. The second-order valence-electron chi connectivity index (χ2n) is 4.73. The molecule has 0 bridgehead atoms. The van der Waals surface area contributed by atoms with E-state index in [4.69, 9.17) is 9.84 Å². The fraction of sp³-hybridized carbons (Fsp3) is 0.750. The number of methoxy groups -OCH3 is 1. The molecule has 8 heteroatoms. The normalized spacial score (nSPS) is 22.4. The van der Waals surface area contributed by atoms with Gasteiger partial charge in [0.2, 0.25) is 0 Å². The van der Waals surface area contributed by atoms with E-state index >= 15 is 0 Å². The van der Waals surface area contributed by atoms with Gasteiger partial charge in [0.05, 0.1) is 6.10 Å². The Morgan fingerprint density at radius 1 is 1.35 bits per heavy atom. The molecule has 0 aromatic heterocycles. The summed E-state index contributed by atoms with van der Waals surface area (Å²) in [7, 11) is 1.59. The number of carbonyl (C=O) groups is 3. The molecule has 2 unspecified atom stereocenters. The van der Waals surface area contributed by atoms with Crippen molar-refractivity contribution in [1.29, 1.82) is 0 Å². The summed E-state index contributed by atoms with van der Waals surface area (Å²) in [4.78, 5) is 34.9. The Kier molecular flexibility index (Phi) is 6.40. The first-order chi connectivity index (χ1) is 9.43. The Hall–Kier alpha value is -1.67. The predicted octanol–water partition coefficient (Wildman–Crippen LogP) is -0.319. The van der Waals surface area contributed by atoms with Crippen LogP contribution in [0, 0.1) is 5.92 Å². The van der Waals surface area contributed by atoms with Gasteiger partial charge in [-0.25, -0.2) is 9.59 Å². The van der Waals surface area contributed by atoms with Gasteiger partial charge in [-0.1, -0.05) is 6.92 Å². The van der Waals surface area contributed by atoms with Crippen molar-refractivity contribution in [3.8, 4) is 0 Å². The summed E-state index contributed by atoms with van der Waals surface area (Å²) in [5, 5.41) is 10.5. The summed E-state index contributed by atoms with van der Waals surface area (Å²) in [5.74, 6) is -1.47. The molecule has 114 valence electrons. The van der Waals surface area contributed by atoms with E-state index in [-0.39, 0.29) is 6.10 Å². The zero-order valence-corrected chi connectivity index (χ0v) is 11.6. The van der Waals surface area contributed by atoms with E-state index in [1.807, 2.05) is 6.92 Å². The number of carboxylic acids is 1. The number of hydrogen-bond donors (Lipinski definition) is 2. The first kappa shape index (κ1) is 16.4. The summed E-state index contributed by atoms with van der Waals surface area (Å²) >= 11 is 0. The van der Waals surface area contributed by atoms with Crippen LogP contribution in [0.1, 0.15) is 13.3 Å². The minimum absolute atomic E-state index is 0.0483. The highest BCUT2D eigenvalue weighted by molar-refractivity contribution is 5.95. The number of urea groups is 1. The van der Waals surface area contributed by atoms with Gasteiger partial charge in [0.1, 0.15) is 13.2 Å². The number of ether oxygens (including phenoxy) is 2. The number of carbonyl (C=O) groups excluding carboxylic acids is 2. The Balaban J connectivity index is 2.35. The lowest BCUT2D eigenvalue weighted by Crippen LogP contribution is -2.51. The lowest BCUT2D eigenvalue weighted by atomic mass is 9.96. The highest BCUT2D eigenvalue weighted by Crippen LogP contribution is 2.19. The van der Waals surface area contributed by atoms with Crippen molar-refractivity contribution in [2.75, 3.05) is 33.4 Å². The maximum Gasteiger partial charge on any atom is 0.329 e. The molecular formula is C12H20N2O6. The molecule has 0 spiro atoms. The number of imide groups is 1. The molecule has 0 aromatic carbocycles. The lowest BCUT2D eigenvalue weighted by Gasteiger charge is -2.35. The van der Waals surface area contributed by atoms with Crippen molar-refractivity contribution >= 4 is 17.9 Å². The van der Waals surface area contributed by atoms with Gasteiger partial charge >= 0.3 is 12.0 Å². The van der Waals surface area contributed by atoms with E-state index in [1.54, 1.807) is 7.11 Å². The Bertz CT molecular complexity index is 373. The molecule has 1 heterocycles. The van der Waals surface area contributed by atoms with Crippen molar-refractivity contribution in [3.05, 3.63) is 0 Å². The van der Waals surface area contributed by atoms with E-state index in [9.17, 15) is 14.4 Å². The van der Waals surface area contributed by atoms with E-state index in [0.29, 0.717) is 19.0 Å². The van der Waals surface area contributed by atoms with E-state index in [2.05, 4.69) is 10.1 Å². The second-order valence-corrected chi connectivity index (χ2v) is 4.73. The van der Waals surface area contributed by atoms with Crippen LogP contribution in [-0.2, 0) is 19.1 Å². The van der Waals surface area contributed by atoms with Gasteiger partial charge in [-0.3, -0.25) is 10.1 Å². The van der Waals surface area contributed by atoms with Gasteiger partial charge in [-0.15, -0.1) is 0 Å². The number of aliphatic carboxylic acids is 1. The van der Waals surface area contributed by atoms with E-state index in [1.165, 1.54) is 4.90 Å². The van der Waals surface area contributed by atoms with Crippen molar-refractivity contribution in [2.24, 2.45) is 5.92 Å². The monoisotopic (exact) mass is 288 g/mol. The number of nitrogens with one attached hydrogen (secondary N) is 1. The maximum absolute atomic E-state index is 11.8. The number of nitrogens with zero attached hydrogens (tertiary/aromatic N) is 1. The molecular weight excluding hydrogens is 268 g/mol. The van der Waals surface area contributed by atoms with E-state index < -0.39 is 31.1 Å². The molecule has 1 aliphatic heterocycles. The number of rotatable bonds is 5. The summed E-state index contributed by atoms with van der Waals surface area (Å²) in [6.45, 7) is 1.99. The second kappa shape index (κ2) is 7.81. The largest absolute Gasteiger partial charge is 0.480 e. The molecule has 0 aliphatic carbocycles. The van der Waals surface area contributed by atoms with Crippen LogP contribution in [0.25, 0.3) is 0 Å². The van der Waals surface area contributed by atoms with Gasteiger partial charge in [0.15, 0.2) is 0 Å². The van der Waals surface area contributed by atoms with E-state index in [0.717, 1.165) is 6.42 Å². The van der Waals surface area contributed by atoms with Crippen LogP contribution in [0.15, 0.2) is 0 Å². The molecule has 2 N–H and O–H groups in total. The fourth-order valence-corrected chi connectivity index (χ4v) is 1.99. The Morgan fingerprint density at radius 2 is 2.05 bits per heavy atom. The van der Waals surface area contributed by atoms with Crippen LogP contribution in [0.4, 0.5) is 4.79 Å². The maximum atomic E-state index is 11.8. The smallest absolute Gasteiger partial charge is 0.329 e. The van der Waals surface area contributed by atoms with Gasteiger partial charge in [-0.2, -0.15) is 0 Å². The number of likely N-dealkylation sites (tertiary alicyclic amines) is 1. The predicted molar refractivity (Wildman–Crippen MR) is 68.1 cm³/mol. The zero-order chi connectivity index (χ0) is 15.1. The first-order valence-corrected chi connectivity index (χ1v) is 6.35. The van der Waals surface area contributed by atoms with Gasteiger partial charge in [0, 0.05) is 20.2 Å². The first-order valence-electron chi connectivity index (χ1n) is 6.35. The molecule has 1 fully saturated rings. The Labute approximate surface area is 117 Å². The molecule has 1 saturated heterocycles. The molecule has 0 saturated carbocycles. The minimum atomic E-state index is -1.17. The third-order valence-corrected chi connectivity index (χ3v) is 3.18. The quantitative estimate of drug-likeness (QED) is 0.718. The zero-order valence-electron chi connectivity index (χ0n) is 11.6. The average Bonchev–Trinajstić information content (AvgIpc) is 2.38. The number of carboxylic acid groups (broad SMARTS) is 1. The molecule has 2 atom stereocenters. The van der Waals surface area contributed by atoms with Crippen molar-refractivity contribution in [3.63, 3.8) is 0 Å². The lowest BCUT2D eigenvalue weighted by molar-refractivity contribution is -0.143. The van der Waals surface area contributed by atoms with Crippen LogP contribution in [0.5, 0.6) is 0 Å². The van der Waals surface area contributed by atoms with Gasteiger partial charge in [0.25, 0.3) is 5.91 Å². The minimum Gasteiger partial charge on any atom is -0.480 e. The number of amides is 3. The van der Waals surface area contributed by atoms with Crippen LogP contribution < -0.4 is 5.32 Å². The number of piperidine rings is 1. The molecule has 0 aromatic rings. The Morgan fingerprint density at radius 3 is 2.65 bits per heavy atom. The summed E-state index contributed by atoms with van der Waals surface area (Å²) in [6, 6.07) is -0.511. The molecule has 1 rings (SSSR count). The standard InChI is InChI=1S/C12H20N2O6/c1-8-3-4-14(5-9(8)19-2)12(18)13-10(15)6-20-7-11(16)17/h8-9H,3-7H2,1-2H3,(H,16,17)(H,13,15,18). The van der Waals surface area contributed by atoms with Crippen LogP contribution in [-0.4, -0.2) is 67.4 Å². The fourth-order valence-electron chi connectivity index (χ4n) is 1.99. The summed E-state index contributed by atoms with van der Waals surface area (Å²) < 4.78 is 9.88. The molecule has 0 radical (unpaired) electrons. The van der Waals surface area contributed by atoms with Crippen LogP contribution in [0.3, 0.4) is 0 Å². The molecule has 20 heavy (non-hydrogen) atoms. The summed E-state index contributed by atoms with van der Waals surface area (Å²) in [5.41, 5.74) is 0. The van der Waals surface area contributed by atoms with Crippen LogP contribution >= 0.6 is 0 Å². The molecule has 3 amide bonds. The number of hydrogen-bond acceptors (Lipinski definition) is 5. The van der Waals surface area contributed by atoms with Crippen molar-refractivity contribution in [2.45, 2.75) is 19.4 Å². The van der Waals surface area contributed by atoms with Gasteiger partial charge < -0.3 is 19.5 Å². The topological polar surface area (TPSA) is 105 Å². The summed E-state index contributed by atoms with van der Waals surface area (Å²) in [6.07, 6.45) is 0.753. The highest BCUT2D eigenvalue weighted by atomic mass is 16.5. The van der Waals surface area contributed by atoms with Crippen LogP contribution in [0.2, 0.25) is 0 Å². The highest BCUT2D eigenvalue weighted by Gasteiger charge is 2.29. The SMILES string of the molecule is COC1CN(C(=O)NC(=O)COCC(=O)O)CCC1C. The molecule has 1 aliphatic rings. The van der Waals surface area contributed by atoms with Gasteiger partial charge in [-0.05, 0) is 12.3 Å². The third kappa shape index (κ3) is 5.14. The van der Waals surface area contributed by atoms with Crippen molar-refractivity contribution in [1.82, 2.24) is 10.2 Å². The average molecular weight is 288 g/mol.